The van der Waals surface area contributed by atoms with Crippen LogP contribution in [0.4, 0.5) is 0 Å². The number of hydrogen-bond acceptors (Lipinski definition) is 3. The molecule has 0 radical (unpaired) electrons. The van der Waals surface area contributed by atoms with E-state index in [1.165, 1.54) is 12.8 Å². The highest BCUT2D eigenvalue weighted by atomic mass is 16.5. The average Bonchev–Trinajstić information content (AvgIpc) is 2.72. The monoisotopic (exact) mass is 243 g/mol. The molecule has 17 heavy (non-hydrogen) atoms. The van der Waals surface area contributed by atoms with E-state index in [-0.39, 0.29) is 6.10 Å². The van der Waals surface area contributed by atoms with E-state index in [4.69, 9.17) is 4.74 Å². The first-order valence-corrected chi connectivity index (χ1v) is 6.58. The van der Waals surface area contributed by atoms with Gasteiger partial charge in [-0.05, 0) is 32.2 Å². The van der Waals surface area contributed by atoms with Gasteiger partial charge in [-0.2, -0.15) is 0 Å². The summed E-state index contributed by atoms with van der Waals surface area (Å²) in [5, 5.41) is 12.2. The Morgan fingerprint density at radius 3 is 2.82 bits per heavy atom. The van der Waals surface area contributed by atoms with Gasteiger partial charge in [0, 0.05) is 13.0 Å². The zero-order valence-corrected chi connectivity index (χ0v) is 11.2. The van der Waals surface area contributed by atoms with Crippen molar-refractivity contribution in [1.29, 1.82) is 0 Å². The maximum atomic E-state index is 11.2. The van der Waals surface area contributed by atoms with Crippen molar-refractivity contribution in [3.8, 4) is 0 Å². The van der Waals surface area contributed by atoms with Crippen molar-refractivity contribution in [2.75, 3.05) is 13.7 Å². The van der Waals surface area contributed by atoms with Crippen LogP contribution in [0.25, 0.3) is 0 Å². The van der Waals surface area contributed by atoms with E-state index in [1.54, 1.807) is 7.05 Å². The number of aliphatic carboxylic acids is 1. The van der Waals surface area contributed by atoms with E-state index in [0.29, 0.717) is 18.8 Å². The van der Waals surface area contributed by atoms with Crippen LogP contribution in [0, 0.1) is 5.92 Å². The van der Waals surface area contributed by atoms with E-state index >= 15 is 0 Å². The third-order valence-electron chi connectivity index (χ3n) is 3.76. The van der Waals surface area contributed by atoms with Crippen molar-refractivity contribution in [2.45, 2.75) is 57.6 Å². The molecule has 3 unspecified atom stereocenters. The first-order valence-electron chi connectivity index (χ1n) is 6.58. The molecule has 1 saturated carbocycles. The fourth-order valence-corrected chi connectivity index (χ4v) is 2.55. The van der Waals surface area contributed by atoms with Gasteiger partial charge in [0.05, 0.1) is 6.10 Å². The Kier molecular flexibility index (Phi) is 5.40. The maximum Gasteiger partial charge on any atom is 0.323 e. The lowest BCUT2D eigenvalue weighted by Gasteiger charge is -2.23. The summed E-state index contributed by atoms with van der Waals surface area (Å²) in [4.78, 5) is 11.2. The molecule has 1 aliphatic carbocycles. The van der Waals surface area contributed by atoms with Crippen molar-refractivity contribution >= 4 is 5.97 Å². The minimum absolute atomic E-state index is 0.0952. The summed E-state index contributed by atoms with van der Waals surface area (Å²) in [6, 6.07) is 0. The SMILES string of the molecule is CCCC(C)COC1CCC(NC)(C(=O)O)C1. The predicted molar refractivity (Wildman–Crippen MR) is 67.1 cm³/mol. The van der Waals surface area contributed by atoms with Crippen LogP contribution in [0.2, 0.25) is 0 Å². The van der Waals surface area contributed by atoms with Crippen LogP contribution in [-0.2, 0) is 9.53 Å². The Bertz CT molecular complexity index is 257. The van der Waals surface area contributed by atoms with Crippen LogP contribution in [-0.4, -0.2) is 36.4 Å². The highest BCUT2D eigenvalue weighted by Crippen LogP contribution is 2.32. The molecule has 100 valence electrons. The molecule has 1 rings (SSSR count). The van der Waals surface area contributed by atoms with E-state index in [9.17, 15) is 9.90 Å². The molecule has 0 saturated heterocycles. The highest BCUT2D eigenvalue weighted by Gasteiger charge is 2.44. The lowest BCUT2D eigenvalue weighted by Crippen LogP contribution is -2.48. The number of likely N-dealkylation sites (N-methyl/N-ethyl adjacent to an activating group) is 1. The van der Waals surface area contributed by atoms with Crippen LogP contribution in [0.15, 0.2) is 0 Å². The van der Waals surface area contributed by atoms with Crippen molar-refractivity contribution in [3.05, 3.63) is 0 Å². The van der Waals surface area contributed by atoms with Gasteiger partial charge in [0.25, 0.3) is 0 Å². The third-order valence-corrected chi connectivity index (χ3v) is 3.76. The van der Waals surface area contributed by atoms with E-state index < -0.39 is 11.5 Å². The zero-order chi connectivity index (χ0) is 12.9. The maximum absolute atomic E-state index is 11.2. The first kappa shape index (κ1) is 14.5. The van der Waals surface area contributed by atoms with E-state index in [0.717, 1.165) is 13.0 Å². The summed E-state index contributed by atoms with van der Waals surface area (Å²) in [5.41, 5.74) is -0.765. The van der Waals surface area contributed by atoms with Crippen LogP contribution >= 0.6 is 0 Å². The second kappa shape index (κ2) is 6.36. The number of rotatable bonds is 7. The van der Waals surface area contributed by atoms with Crippen molar-refractivity contribution in [3.63, 3.8) is 0 Å². The number of ether oxygens (including phenoxy) is 1. The molecule has 0 aromatic heterocycles. The van der Waals surface area contributed by atoms with Gasteiger partial charge in [-0.25, -0.2) is 0 Å². The predicted octanol–water partition coefficient (Wildman–Crippen LogP) is 2.03. The molecule has 0 amide bonds. The molecule has 4 heteroatoms. The molecular formula is C13H25NO3. The fourth-order valence-electron chi connectivity index (χ4n) is 2.55. The Labute approximate surface area is 104 Å². The minimum atomic E-state index is -0.765. The van der Waals surface area contributed by atoms with Gasteiger partial charge in [-0.1, -0.05) is 20.3 Å². The fraction of sp³-hybridized carbons (Fsp3) is 0.923. The van der Waals surface area contributed by atoms with Crippen molar-refractivity contribution in [2.24, 2.45) is 5.92 Å². The normalized spacial score (nSPS) is 30.4. The number of carbonyl (C=O) groups is 1. The van der Waals surface area contributed by atoms with Crippen LogP contribution in [0.5, 0.6) is 0 Å². The zero-order valence-electron chi connectivity index (χ0n) is 11.2. The van der Waals surface area contributed by atoms with Crippen LogP contribution in [0.1, 0.15) is 46.0 Å². The number of hydrogen-bond donors (Lipinski definition) is 2. The molecule has 0 aliphatic heterocycles. The lowest BCUT2D eigenvalue weighted by atomic mass is 9.98. The quantitative estimate of drug-likeness (QED) is 0.718. The van der Waals surface area contributed by atoms with Gasteiger partial charge < -0.3 is 15.2 Å². The Balaban J connectivity index is 2.37. The summed E-state index contributed by atoms with van der Waals surface area (Å²) in [5.74, 6) is -0.192. The second-order valence-corrected chi connectivity index (χ2v) is 5.23. The minimum Gasteiger partial charge on any atom is -0.480 e. The Morgan fingerprint density at radius 1 is 1.65 bits per heavy atom. The van der Waals surface area contributed by atoms with Gasteiger partial charge in [0.1, 0.15) is 5.54 Å². The Hall–Kier alpha value is -0.610. The molecule has 3 atom stereocenters. The third kappa shape index (κ3) is 3.68. The molecule has 0 aromatic carbocycles. The smallest absolute Gasteiger partial charge is 0.323 e. The second-order valence-electron chi connectivity index (χ2n) is 5.23. The summed E-state index contributed by atoms with van der Waals surface area (Å²) < 4.78 is 5.82. The van der Waals surface area contributed by atoms with E-state index in [2.05, 4.69) is 19.2 Å². The molecule has 0 spiro atoms. The van der Waals surface area contributed by atoms with Gasteiger partial charge in [-0.3, -0.25) is 4.79 Å². The number of carboxylic acid groups (broad SMARTS) is 1. The molecule has 1 fully saturated rings. The van der Waals surface area contributed by atoms with Gasteiger partial charge >= 0.3 is 5.97 Å². The van der Waals surface area contributed by atoms with Crippen molar-refractivity contribution < 1.29 is 14.6 Å². The number of carboxylic acids is 1. The first-order chi connectivity index (χ1) is 8.04. The lowest BCUT2D eigenvalue weighted by molar-refractivity contribution is -0.144. The highest BCUT2D eigenvalue weighted by molar-refractivity contribution is 5.79. The molecule has 2 N–H and O–H groups in total. The van der Waals surface area contributed by atoms with Gasteiger partial charge in [0.15, 0.2) is 0 Å². The summed E-state index contributed by atoms with van der Waals surface area (Å²) in [7, 11) is 1.72. The van der Waals surface area contributed by atoms with Crippen LogP contribution in [0.3, 0.4) is 0 Å². The molecule has 4 nitrogen and oxygen atoms in total. The van der Waals surface area contributed by atoms with E-state index in [1.807, 2.05) is 0 Å². The molecule has 0 bridgehead atoms. The molecule has 0 heterocycles. The summed E-state index contributed by atoms with van der Waals surface area (Å²) in [6.07, 6.45) is 4.51. The molecule has 0 aromatic rings. The summed E-state index contributed by atoms with van der Waals surface area (Å²) in [6.45, 7) is 5.10. The molecule has 1 aliphatic rings. The standard InChI is InChI=1S/C13H25NO3/c1-4-5-10(2)9-17-11-6-7-13(8-11,14-3)12(15)16/h10-11,14H,4-9H2,1-3H3,(H,15,16). The number of nitrogens with one attached hydrogen (secondary N) is 1. The Morgan fingerprint density at radius 2 is 2.35 bits per heavy atom. The largest absolute Gasteiger partial charge is 0.480 e. The van der Waals surface area contributed by atoms with Crippen molar-refractivity contribution in [1.82, 2.24) is 5.32 Å². The molecular weight excluding hydrogens is 218 g/mol. The summed E-state index contributed by atoms with van der Waals surface area (Å²) >= 11 is 0. The van der Waals surface area contributed by atoms with Crippen LogP contribution < -0.4 is 5.32 Å². The van der Waals surface area contributed by atoms with Gasteiger partial charge in [0.2, 0.25) is 0 Å². The topological polar surface area (TPSA) is 58.6 Å². The average molecular weight is 243 g/mol. The van der Waals surface area contributed by atoms with Gasteiger partial charge in [-0.15, -0.1) is 0 Å².